The highest BCUT2D eigenvalue weighted by atomic mass is 16.2. The SMILES string of the molecule is CC(=O)N(CCNC(=O)C1CC1)c1ccccc1. The normalized spacial score (nSPS) is 14.1. The average molecular weight is 246 g/mol. The molecule has 1 N–H and O–H groups in total. The Kier molecular flexibility index (Phi) is 3.97. The van der Waals surface area contributed by atoms with Gasteiger partial charge < -0.3 is 10.2 Å². The minimum absolute atomic E-state index is 0.0122. The van der Waals surface area contributed by atoms with Crippen LogP contribution in [0.2, 0.25) is 0 Å². The molecule has 4 nitrogen and oxygen atoms in total. The maximum Gasteiger partial charge on any atom is 0.223 e. The molecule has 0 aliphatic heterocycles. The quantitative estimate of drug-likeness (QED) is 0.857. The lowest BCUT2D eigenvalue weighted by atomic mass is 10.3. The van der Waals surface area contributed by atoms with Crippen molar-refractivity contribution < 1.29 is 9.59 Å². The lowest BCUT2D eigenvalue weighted by Gasteiger charge is -2.21. The van der Waals surface area contributed by atoms with E-state index in [1.807, 2.05) is 30.3 Å². The number of anilines is 1. The van der Waals surface area contributed by atoms with Crippen LogP contribution in [-0.2, 0) is 9.59 Å². The fraction of sp³-hybridized carbons (Fsp3) is 0.429. The van der Waals surface area contributed by atoms with Crippen LogP contribution in [0.1, 0.15) is 19.8 Å². The Labute approximate surface area is 107 Å². The highest BCUT2D eigenvalue weighted by Crippen LogP contribution is 2.28. The fourth-order valence-electron chi connectivity index (χ4n) is 1.86. The van der Waals surface area contributed by atoms with Gasteiger partial charge in [0.2, 0.25) is 11.8 Å². The molecule has 2 amide bonds. The summed E-state index contributed by atoms with van der Waals surface area (Å²) >= 11 is 0. The van der Waals surface area contributed by atoms with Crippen molar-refractivity contribution in [2.24, 2.45) is 5.92 Å². The third kappa shape index (κ3) is 3.32. The van der Waals surface area contributed by atoms with Gasteiger partial charge in [-0.15, -0.1) is 0 Å². The van der Waals surface area contributed by atoms with E-state index in [0.717, 1.165) is 18.5 Å². The van der Waals surface area contributed by atoms with Crippen molar-refractivity contribution in [1.29, 1.82) is 0 Å². The number of carbonyl (C=O) groups is 2. The second kappa shape index (κ2) is 5.67. The monoisotopic (exact) mass is 246 g/mol. The lowest BCUT2D eigenvalue weighted by Crippen LogP contribution is -2.38. The van der Waals surface area contributed by atoms with E-state index in [1.54, 1.807) is 4.90 Å². The van der Waals surface area contributed by atoms with Gasteiger partial charge in [0, 0.05) is 31.6 Å². The van der Waals surface area contributed by atoms with Crippen LogP contribution >= 0.6 is 0 Å². The average Bonchev–Trinajstić information content (AvgIpc) is 3.19. The predicted octanol–water partition coefficient (Wildman–Crippen LogP) is 1.57. The third-order valence-corrected chi connectivity index (χ3v) is 3.03. The minimum atomic E-state index is -0.0122. The molecule has 0 saturated heterocycles. The molecular formula is C14H18N2O2. The van der Waals surface area contributed by atoms with Crippen molar-refractivity contribution in [3.63, 3.8) is 0 Å². The summed E-state index contributed by atoms with van der Waals surface area (Å²) in [5.41, 5.74) is 0.866. The first-order valence-corrected chi connectivity index (χ1v) is 6.29. The van der Waals surface area contributed by atoms with Gasteiger partial charge in [0.15, 0.2) is 0 Å². The van der Waals surface area contributed by atoms with E-state index >= 15 is 0 Å². The van der Waals surface area contributed by atoms with Crippen molar-refractivity contribution in [3.05, 3.63) is 30.3 Å². The zero-order valence-electron chi connectivity index (χ0n) is 10.6. The van der Waals surface area contributed by atoms with Crippen LogP contribution in [0.4, 0.5) is 5.69 Å². The molecule has 1 fully saturated rings. The Bertz CT molecular complexity index is 427. The maximum absolute atomic E-state index is 11.6. The van der Waals surface area contributed by atoms with Crippen LogP contribution in [0.3, 0.4) is 0 Å². The number of hydrogen-bond donors (Lipinski definition) is 1. The molecule has 1 aliphatic rings. The lowest BCUT2D eigenvalue weighted by molar-refractivity contribution is -0.122. The smallest absolute Gasteiger partial charge is 0.223 e. The summed E-state index contributed by atoms with van der Waals surface area (Å²) in [5, 5.41) is 2.87. The third-order valence-electron chi connectivity index (χ3n) is 3.03. The van der Waals surface area contributed by atoms with E-state index < -0.39 is 0 Å². The Hall–Kier alpha value is -1.84. The maximum atomic E-state index is 11.6. The molecule has 0 spiro atoms. The van der Waals surface area contributed by atoms with Crippen molar-refractivity contribution >= 4 is 17.5 Å². The summed E-state index contributed by atoms with van der Waals surface area (Å²) in [6.45, 7) is 2.55. The van der Waals surface area contributed by atoms with Gasteiger partial charge >= 0.3 is 0 Å². The van der Waals surface area contributed by atoms with Gasteiger partial charge in [-0.3, -0.25) is 9.59 Å². The molecule has 4 heteroatoms. The number of carbonyl (C=O) groups excluding carboxylic acids is 2. The second-order valence-corrected chi connectivity index (χ2v) is 4.57. The van der Waals surface area contributed by atoms with Gasteiger partial charge in [0.05, 0.1) is 0 Å². The molecule has 0 unspecified atom stereocenters. The highest BCUT2D eigenvalue weighted by Gasteiger charge is 2.29. The number of hydrogen-bond acceptors (Lipinski definition) is 2. The number of nitrogens with zero attached hydrogens (tertiary/aromatic N) is 1. The Morgan fingerprint density at radius 3 is 2.50 bits per heavy atom. The number of nitrogens with one attached hydrogen (secondary N) is 1. The van der Waals surface area contributed by atoms with Gasteiger partial charge in [-0.2, -0.15) is 0 Å². The number of amides is 2. The van der Waals surface area contributed by atoms with Crippen LogP contribution in [0.5, 0.6) is 0 Å². The summed E-state index contributed by atoms with van der Waals surface area (Å²) in [6.07, 6.45) is 2.00. The number of rotatable bonds is 5. The second-order valence-electron chi connectivity index (χ2n) is 4.57. The summed E-state index contributed by atoms with van der Waals surface area (Å²) in [7, 11) is 0. The molecule has 2 rings (SSSR count). The molecule has 1 aliphatic carbocycles. The van der Waals surface area contributed by atoms with Gasteiger partial charge in [-0.25, -0.2) is 0 Å². The van der Waals surface area contributed by atoms with Crippen LogP contribution in [0.15, 0.2) is 30.3 Å². The molecule has 96 valence electrons. The van der Waals surface area contributed by atoms with Crippen molar-refractivity contribution in [2.75, 3.05) is 18.0 Å². The molecule has 0 atom stereocenters. The van der Waals surface area contributed by atoms with E-state index in [0.29, 0.717) is 13.1 Å². The molecule has 0 radical (unpaired) electrons. The first kappa shape index (κ1) is 12.6. The Morgan fingerprint density at radius 1 is 1.28 bits per heavy atom. The zero-order valence-corrected chi connectivity index (χ0v) is 10.6. The van der Waals surface area contributed by atoms with Gasteiger partial charge in [0.25, 0.3) is 0 Å². The fourth-order valence-corrected chi connectivity index (χ4v) is 1.86. The van der Waals surface area contributed by atoms with Gasteiger partial charge in [0.1, 0.15) is 0 Å². The van der Waals surface area contributed by atoms with Crippen molar-refractivity contribution in [1.82, 2.24) is 5.32 Å². The molecule has 1 saturated carbocycles. The van der Waals surface area contributed by atoms with E-state index in [4.69, 9.17) is 0 Å². The Balaban J connectivity index is 1.87. The summed E-state index contributed by atoms with van der Waals surface area (Å²) < 4.78 is 0. The first-order valence-electron chi connectivity index (χ1n) is 6.29. The highest BCUT2D eigenvalue weighted by molar-refractivity contribution is 5.91. The summed E-state index contributed by atoms with van der Waals surface area (Å²) in [6, 6.07) is 9.49. The molecule has 18 heavy (non-hydrogen) atoms. The largest absolute Gasteiger partial charge is 0.354 e. The zero-order chi connectivity index (χ0) is 13.0. The van der Waals surface area contributed by atoms with Crippen molar-refractivity contribution in [3.8, 4) is 0 Å². The number of benzene rings is 1. The van der Waals surface area contributed by atoms with Crippen LogP contribution < -0.4 is 10.2 Å². The van der Waals surface area contributed by atoms with Gasteiger partial charge in [-0.1, -0.05) is 18.2 Å². The van der Waals surface area contributed by atoms with E-state index in [2.05, 4.69) is 5.32 Å². The molecule has 1 aromatic rings. The first-order chi connectivity index (χ1) is 8.68. The predicted molar refractivity (Wildman–Crippen MR) is 70.2 cm³/mol. The molecule has 1 aromatic carbocycles. The summed E-state index contributed by atoms with van der Waals surface area (Å²) in [4.78, 5) is 24.7. The molecule has 0 bridgehead atoms. The Morgan fingerprint density at radius 2 is 1.94 bits per heavy atom. The summed E-state index contributed by atoms with van der Waals surface area (Å²) in [5.74, 6) is 0.320. The van der Waals surface area contributed by atoms with E-state index in [-0.39, 0.29) is 17.7 Å². The standard InChI is InChI=1S/C14H18N2O2/c1-11(17)16(13-5-3-2-4-6-13)10-9-15-14(18)12-7-8-12/h2-6,12H,7-10H2,1H3,(H,15,18). The van der Waals surface area contributed by atoms with Crippen LogP contribution in [0.25, 0.3) is 0 Å². The molecule has 0 aromatic heterocycles. The minimum Gasteiger partial charge on any atom is -0.354 e. The van der Waals surface area contributed by atoms with Crippen LogP contribution in [-0.4, -0.2) is 24.9 Å². The van der Waals surface area contributed by atoms with E-state index in [1.165, 1.54) is 6.92 Å². The van der Waals surface area contributed by atoms with E-state index in [9.17, 15) is 9.59 Å². The molecular weight excluding hydrogens is 228 g/mol. The topological polar surface area (TPSA) is 49.4 Å². The van der Waals surface area contributed by atoms with Gasteiger partial charge in [-0.05, 0) is 25.0 Å². The van der Waals surface area contributed by atoms with Crippen molar-refractivity contribution in [2.45, 2.75) is 19.8 Å². The van der Waals surface area contributed by atoms with Crippen LogP contribution in [0, 0.1) is 5.92 Å². The number of para-hydroxylation sites is 1. The molecule has 0 heterocycles.